The predicted octanol–water partition coefficient (Wildman–Crippen LogP) is 3.92. The van der Waals surface area contributed by atoms with Crippen molar-refractivity contribution in [1.82, 2.24) is 0 Å². The summed E-state index contributed by atoms with van der Waals surface area (Å²) in [6.07, 6.45) is 10.8. The molecule has 1 aliphatic rings. The van der Waals surface area contributed by atoms with Crippen LogP contribution in [0, 0.1) is 5.92 Å². The Labute approximate surface area is 70.7 Å². The van der Waals surface area contributed by atoms with Gasteiger partial charge < -0.3 is 0 Å². The zero-order valence-electron chi connectivity index (χ0n) is 7.90. The molecule has 0 bridgehead atoms. The average molecular weight is 152 g/mol. The first-order chi connectivity index (χ1) is 5.29. The van der Waals surface area contributed by atoms with Crippen LogP contribution in [0.5, 0.6) is 0 Å². The molecule has 0 N–H and O–H groups in total. The Hall–Kier alpha value is -0.260. The van der Waals surface area contributed by atoms with Gasteiger partial charge in [0.05, 0.1) is 0 Å². The van der Waals surface area contributed by atoms with E-state index in [9.17, 15) is 0 Å². The van der Waals surface area contributed by atoms with Crippen molar-refractivity contribution in [3.63, 3.8) is 0 Å². The summed E-state index contributed by atoms with van der Waals surface area (Å²) < 4.78 is 0. The normalized spacial score (nSPS) is 18.6. The molecule has 0 heteroatoms. The quantitative estimate of drug-likeness (QED) is 0.538. The maximum absolute atomic E-state index is 2.46. The third-order valence-electron chi connectivity index (χ3n) is 2.43. The van der Waals surface area contributed by atoms with Crippen LogP contribution in [-0.2, 0) is 0 Å². The summed E-state index contributed by atoms with van der Waals surface area (Å²) >= 11 is 0. The van der Waals surface area contributed by atoms with E-state index in [4.69, 9.17) is 0 Å². The van der Waals surface area contributed by atoms with Crippen molar-refractivity contribution in [2.75, 3.05) is 0 Å². The van der Waals surface area contributed by atoms with E-state index in [1.54, 1.807) is 5.57 Å². The van der Waals surface area contributed by atoms with Crippen molar-refractivity contribution in [1.29, 1.82) is 0 Å². The fourth-order valence-corrected chi connectivity index (χ4v) is 1.61. The predicted molar refractivity (Wildman–Crippen MR) is 50.6 cm³/mol. The molecule has 0 aromatic rings. The standard InChI is InChI=1S/C11H20/c1-10(2)8-9-11-6-4-3-5-7-11/h6,10H,3-5,7-9H2,1-2H3. The Bertz CT molecular complexity index is 131. The highest BCUT2D eigenvalue weighted by Crippen LogP contribution is 2.22. The lowest BCUT2D eigenvalue weighted by Crippen LogP contribution is -1.94. The van der Waals surface area contributed by atoms with E-state index in [1.807, 2.05) is 0 Å². The molecule has 0 amide bonds. The molecule has 0 saturated carbocycles. The Balaban J connectivity index is 2.19. The lowest BCUT2D eigenvalue weighted by Gasteiger charge is -2.13. The van der Waals surface area contributed by atoms with Crippen molar-refractivity contribution in [3.8, 4) is 0 Å². The minimum Gasteiger partial charge on any atom is -0.0853 e. The molecule has 0 spiro atoms. The molecule has 1 aliphatic carbocycles. The van der Waals surface area contributed by atoms with Crippen LogP contribution in [0.15, 0.2) is 11.6 Å². The zero-order chi connectivity index (χ0) is 8.10. The van der Waals surface area contributed by atoms with Gasteiger partial charge in [0.1, 0.15) is 0 Å². The van der Waals surface area contributed by atoms with Gasteiger partial charge in [0, 0.05) is 0 Å². The first kappa shape index (κ1) is 8.83. The van der Waals surface area contributed by atoms with Gasteiger partial charge in [0.25, 0.3) is 0 Å². The maximum atomic E-state index is 2.46. The zero-order valence-corrected chi connectivity index (χ0v) is 7.90. The Kier molecular flexibility index (Phi) is 3.68. The summed E-state index contributed by atoms with van der Waals surface area (Å²) in [4.78, 5) is 0. The van der Waals surface area contributed by atoms with Crippen molar-refractivity contribution in [2.45, 2.75) is 52.4 Å². The molecule has 0 atom stereocenters. The minimum absolute atomic E-state index is 0.873. The Morgan fingerprint density at radius 1 is 1.36 bits per heavy atom. The van der Waals surface area contributed by atoms with Crippen LogP contribution in [0.25, 0.3) is 0 Å². The lowest BCUT2D eigenvalue weighted by molar-refractivity contribution is 0.562. The second-order valence-corrected chi connectivity index (χ2v) is 4.04. The van der Waals surface area contributed by atoms with E-state index in [0.717, 1.165) is 5.92 Å². The third kappa shape index (κ3) is 3.60. The van der Waals surface area contributed by atoms with Crippen molar-refractivity contribution in [3.05, 3.63) is 11.6 Å². The van der Waals surface area contributed by atoms with E-state index in [-0.39, 0.29) is 0 Å². The van der Waals surface area contributed by atoms with E-state index >= 15 is 0 Å². The molecule has 0 nitrogen and oxygen atoms in total. The van der Waals surface area contributed by atoms with Crippen LogP contribution in [-0.4, -0.2) is 0 Å². The molecule has 11 heavy (non-hydrogen) atoms. The molecular weight excluding hydrogens is 132 g/mol. The highest BCUT2D eigenvalue weighted by Gasteiger charge is 2.03. The topological polar surface area (TPSA) is 0 Å². The van der Waals surface area contributed by atoms with Gasteiger partial charge >= 0.3 is 0 Å². The van der Waals surface area contributed by atoms with Crippen LogP contribution in [0.1, 0.15) is 52.4 Å². The maximum Gasteiger partial charge on any atom is -0.0318 e. The highest BCUT2D eigenvalue weighted by atomic mass is 14.1. The Morgan fingerprint density at radius 3 is 2.73 bits per heavy atom. The molecule has 0 aromatic carbocycles. The smallest absolute Gasteiger partial charge is 0.0318 e. The summed E-state index contributed by atoms with van der Waals surface area (Å²) in [6.45, 7) is 4.62. The number of rotatable bonds is 3. The van der Waals surface area contributed by atoms with Crippen LogP contribution in [0.3, 0.4) is 0 Å². The second-order valence-electron chi connectivity index (χ2n) is 4.04. The second kappa shape index (κ2) is 4.58. The summed E-state index contributed by atoms with van der Waals surface area (Å²) in [5.74, 6) is 0.873. The lowest BCUT2D eigenvalue weighted by atomic mass is 9.94. The molecule has 0 fully saturated rings. The number of hydrogen-bond donors (Lipinski definition) is 0. The summed E-state index contributed by atoms with van der Waals surface area (Å²) in [5.41, 5.74) is 1.73. The van der Waals surface area contributed by atoms with Crippen LogP contribution in [0.2, 0.25) is 0 Å². The minimum atomic E-state index is 0.873. The van der Waals surface area contributed by atoms with Gasteiger partial charge in [-0.05, 0) is 44.4 Å². The molecule has 0 saturated heterocycles. The number of allylic oxidation sites excluding steroid dienone is 2. The fourth-order valence-electron chi connectivity index (χ4n) is 1.61. The van der Waals surface area contributed by atoms with Crippen molar-refractivity contribution in [2.24, 2.45) is 5.92 Å². The van der Waals surface area contributed by atoms with Crippen LogP contribution < -0.4 is 0 Å². The molecule has 0 radical (unpaired) electrons. The van der Waals surface area contributed by atoms with Gasteiger partial charge in [0.15, 0.2) is 0 Å². The van der Waals surface area contributed by atoms with E-state index in [2.05, 4.69) is 19.9 Å². The van der Waals surface area contributed by atoms with Crippen molar-refractivity contribution < 1.29 is 0 Å². The number of hydrogen-bond acceptors (Lipinski definition) is 0. The van der Waals surface area contributed by atoms with Gasteiger partial charge in [0.2, 0.25) is 0 Å². The molecule has 0 aliphatic heterocycles. The first-order valence-electron chi connectivity index (χ1n) is 4.97. The van der Waals surface area contributed by atoms with Crippen LogP contribution in [0.4, 0.5) is 0 Å². The van der Waals surface area contributed by atoms with Gasteiger partial charge in [-0.15, -0.1) is 0 Å². The molecule has 64 valence electrons. The van der Waals surface area contributed by atoms with Gasteiger partial charge in [-0.2, -0.15) is 0 Å². The van der Waals surface area contributed by atoms with Gasteiger partial charge in [-0.25, -0.2) is 0 Å². The highest BCUT2D eigenvalue weighted by molar-refractivity contribution is 5.04. The van der Waals surface area contributed by atoms with Crippen molar-refractivity contribution >= 4 is 0 Å². The molecule has 0 aromatic heterocycles. The monoisotopic (exact) mass is 152 g/mol. The van der Waals surface area contributed by atoms with Crippen LogP contribution >= 0.6 is 0 Å². The van der Waals surface area contributed by atoms with E-state index < -0.39 is 0 Å². The molecule has 1 rings (SSSR count). The summed E-state index contributed by atoms with van der Waals surface area (Å²) in [5, 5.41) is 0. The molecule has 0 heterocycles. The summed E-state index contributed by atoms with van der Waals surface area (Å²) in [6, 6.07) is 0. The average Bonchev–Trinajstić information content (AvgIpc) is 2.03. The van der Waals surface area contributed by atoms with Gasteiger partial charge in [-0.3, -0.25) is 0 Å². The third-order valence-corrected chi connectivity index (χ3v) is 2.43. The van der Waals surface area contributed by atoms with E-state index in [1.165, 1.54) is 38.5 Å². The largest absolute Gasteiger partial charge is 0.0853 e. The fraction of sp³-hybridized carbons (Fsp3) is 0.818. The van der Waals surface area contributed by atoms with Gasteiger partial charge in [-0.1, -0.05) is 25.5 Å². The molecular formula is C11H20. The Morgan fingerprint density at radius 2 is 2.18 bits per heavy atom. The van der Waals surface area contributed by atoms with E-state index in [0.29, 0.717) is 0 Å². The molecule has 0 unspecified atom stereocenters. The first-order valence-corrected chi connectivity index (χ1v) is 4.97. The SMILES string of the molecule is CC(C)CCC1=CCCCC1. The summed E-state index contributed by atoms with van der Waals surface area (Å²) in [7, 11) is 0.